The molecule has 0 spiro atoms. The number of amides is 1. The molecular weight excluding hydrogens is 292 g/mol. The highest BCUT2D eigenvalue weighted by Crippen LogP contribution is 2.25. The summed E-state index contributed by atoms with van der Waals surface area (Å²) < 4.78 is 0. The number of carboxylic acids is 1. The Hall–Kier alpha value is -2.40. The zero-order valence-corrected chi connectivity index (χ0v) is 11.7. The molecule has 0 aliphatic carbocycles. The summed E-state index contributed by atoms with van der Waals surface area (Å²) in [4.78, 5) is 28.9. The number of carbonyl (C=O) groups is 2. The van der Waals surface area contributed by atoms with E-state index in [0.717, 1.165) is 5.56 Å². The smallest absolute Gasteiger partial charge is 0.337 e. The summed E-state index contributed by atoms with van der Waals surface area (Å²) in [5.74, 6) is -0.777. The van der Waals surface area contributed by atoms with E-state index < -0.39 is 5.97 Å². The van der Waals surface area contributed by atoms with E-state index in [4.69, 9.17) is 16.7 Å². The van der Waals surface area contributed by atoms with Gasteiger partial charge in [0.05, 0.1) is 5.56 Å². The number of hydrogen-bond donors (Lipinski definition) is 1. The Morgan fingerprint density at radius 1 is 1.29 bits per heavy atom. The first-order valence-corrected chi connectivity index (χ1v) is 6.73. The van der Waals surface area contributed by atoms with Gasteiger partial charge in [0.15, 0.2) is 0 Å². The molecule has 2 heterocycles. The predicted octanol–water partition coefficient (Wildman–Crippen LogP) is 2.64. The van der Waals surface area contributed by atoms with E-state index in [1.807, 2.05) is 6.07 Å². The van der Waals surface area contributed by atoms with Crippen LogP contribution in [0.5, 0.6) is 0 Å². The van der Waals surface area contributed by atoms with Gasteiger partial charge in [-0.2, -0.15) is 0 Å². The Balaban J connectivity index is 1.94. The highest BCUT2D eigenvalue weighted by molar-refractivity contribution is 6.31. The van der Waals surface area contributed by atoms with Gasteiger partial charge in [0.2, 0.25) is 0 Å². The van der Waals surface area contributed by atoms with E-state index in [0.29, 0.717) is 29.4 Å². The maximum absolute atomic E-state index is 12.5. The third kappa shape index (κ3) is 2.48. The highest BCUT2D eigenvalue weighted by atomic mass is 35.5. The highest BCUT2D eigenvalue weighted by Gasteiger charge is 2.26. The second-order valence-electron chi connectivity index (χ2n) is 4.72. The first-order valence-electron chi connectivity index (χ1n) is 6.36. The summed E-state index contributed by atoms with van der Waals surface area (Å²) in [5, 5.41) is 9.38. The van der Waals surface area contributed by atoms with Crippen molar-refractivity contribution in [1.29, 1.82) is 0 Å². The molecule has 6 heteroatoms. The molecule has 0 atom stereocenters. The lowest BCUT2D eigenvalue weighted by Gasteiger charge is -2.27. The van der Waals surface area contributed by atoms with Gasteiger partial charge in [-0.15, -0.1) is 0 Å². The average Bonchev–Trinajstić information content (AvgIpc) is 2.48. The van der Waals surface area contributed by atoms with Gasteiger partial charge >= 0.3 is 5.97 Å². The fourth-order valence-corrected chi connectivity index (χ4v) is 2.51. The Bertz CT molecular complexity index is 728. The average molecular weight is 303 g/mol. The molecule has 3 rings (SSSR count). The number of nitrogens with zero attached hydrogens (tertiary/aromatic N) is 2. The van der Waals surface area contributed by atoms with E-state index in [9.17, 15) is 9.59 Å². The second-order valence-corrected chi connectivity index (χ2v) is 5.15. The molecule has 0 unspecified atom stereocenters. The van der Waals surface area contributed by atoms with Gasteiger partial charge in [-0.05, 0) is 36.2 Å². The van der Waals surface area contributed by atoms with Crippen LogP contribution in [0.4, 0.5) is 5.82 Å². The SMILES string of the molecule is O=C(O)c1ccc(N2CCc3ccc(Cl)cc3C2=O)nc1. The molecule has 0 saturated heterocycles. The van der Waals surface area contributed by atoms with E-state index >= 15 is 0 Å². The molecule has 1 aromatic carbocycles. The molecule has 0 radical (unpaired) electrons. The number of hydrogen-bond acceptors (Lipinski definition) is 3. The summed E-state index contributed by atoms with van der Waals surface area (Å²) in [7, 11) is 0. The molecule has 2 aromatic rings. The molecular formula is C15H11ClN2O3. The normalized spacial score (nSPS) is 14.0. The van der Waals surface area contributed by atoms with Gasteiger partial charge in [0.1, 0.15) is 5.82 Å². The van der Waals surface area contributed by atoms with Crippen LogP contribution in [-0.4, -0.2) is 28.5 Å². The maximum Gasteiger partial charge on any atom is 0.337 e. The Morgan fingerprint density at radius 2 is 2.10 bits per heavy atom. The summed E-state index contributed by atoms with van der Waals surface area (Å²) in [5.41, 5.74) is 1.62. The van der Waals surface area contributed by atoms with E-state index in [1.54, 1.807) is 12.1 Å². The van der Waals surface area contributed by atoms with Crippen molar-refractivity contribution in [3.8, 4) is 0 Å². The minimum atomic E-state index is -1.05. The van der Waals surface area contributed by atoms with Crippen LogP contribution < -0.4 is 4.90 Å². The molecule has 1 aliphatic heterocycles. The van der Waals surface area contributed by atoms with Crippen LogP contribution in [0.3, 0.4) is 0 Å². The largest absolute Gasteiger partial charge is 0.478 e. The molecule has 0 saturated carbocycles. The number of aromatic nitrogens is 1. The van der Waals surface area contributed by atoms with Gasteiger partial charge in [0.25, 0.3) is 5.91 Å². The maximum atomic E-state index is 12.5. The van der Waals surface area contributed by atoms with Crippen molar-refractivity contribution in [3.63, 3.8) is 0 Å². The van der Waals surface area contributed by atoms with Gasteiger partial charge in [-0.3, -0.25) is 9.69 Å². The summed E-state index contributed by atoms with van der Waals surface area (Å²) in [6, 6.07) is 8.25. The topological polar surface area (TPSA) is 70.5 Å². The van der Waals surface area contributed by atoms with Crippen LogP contribution in [0.15, 0.2) is 36.5 Å². The predicted molar refractivity (Wildman–Crippen MR) is 78.0 cm³/mol. The standard InChI is InChI=1S/C15H11ClN2O3/c16-11-3-1-9-5-6-18(14(19)12(9)7-11)13-4-2-10(8-17-13)15(20)21/h1-4,7-8H,5-6H2,(H,20,21). The van der Waals surface area contributed by atoms with Crippen molar-refractivity contribution in [2.24, 2.45) is 0 Å². The van der Waals surface area contributed by atoms with Gasteiger partial charge in [-0.1, -0.05) is 17.7 Å². The van der Waals surface area contributed by atoms with Crippen LogP contribution >= 0.6 is 11.6 Å². The zero-order valence-electron chi connectivity index (χ0n) is 10.9. The number of carboxylic acid groups (broad SMARTS) is 1. The number of halogens is 1. The molecule has 1 amide bonds. The van der Waals surface area contributed by atoms with Crippen LogP contribution in [0, 0.1) is 0 Å². The fourth-order valence-electron chi connectivity index (χ4n) is 2.34. The van der Waals surface area contributed by atoms with Crippen LogP contribution in [0.2, 0.25) is 5.02 Å². The minimum Gasteiger partial charge on any atom is -0.478 e. The van der Waals surface area contributed by atoms with Crippen molar-refractivity contribution in [2.45, 2.75) is 6.42 Å². The van der Waals surface area contributed by atoms with E-state index in [-0.39, 0.29) is 11.5 Å². The first kappa shape index (κ1) is 13.6. The second kappa shape index (κ2) is 5.18. The number of pyridine rings is 1. The quantitative estimate of drug-likeness (QED) is 0.926. The van der Waals surface area contributed by atoms with Gasteiger partial charge in [-0.25, -0.2) is 9.78 Å². The molecule has 0 bridgehead atoms. The monoisotopic (exact) mass is 302 g/mol. The van der Waals surface area contributed by atoms with Crippen LogP contribution in [0.1, 0.15) is 26.3 Å². The molecule has 0 fully saturated rings. The van der Waals surface area contributed by atoms with Crippen molar-refractivity contribution >= 4 is 29.3 Å². The molecule has 1 aromatic heterocycles. The van der Waals surface area contributed by atoms with Crippen LogP contribution in [0.25, 0.3) is 0 Å². The molecule has 1 aliphatic rings. The van der Waals surface area contributed by atoms with Crippen molar-refractivity contribution in [1.82, 2.24) is 4.98 Å². The summed E-state index contributed by atoms with van der Waals surface area (Å²) in [6.07, 6.45) is 1.96. The lowest BCUT2D eigenvalue weighted by atomic mass is 9.99. The minimum absolute atomic E-state index is 0.0895. The van der Waals surface area contributed by atoms with Crippen molar-refractivity contribution < 1.29 is 14.7 Å². The third-order valence-electron chi connectivity index (χ3n) is 3.42. The van der Waals surface area contributed by atoms with E-state index in [1.165, 1.54) is 23.2 Å². The van der Waals surface area contributed by atoms with Crippen LogP contribution in [-0.2, 0) is 6.42 Å². The molecule has 21 heavy (non-hydrogen) atoms. The third-order valence-corrected chi connectivity index (χ3v) is 3.66. The molecule has 1 N–H and O–H groups in total. The number of rotatable bonds is 2. The number of benzene rings is 1. The lowest BCUT2D eigenvalue weighted by molar-refractivity contribution is 0.0696. The van der Waals surface area contributed by atoms with E-state index in [2.05, 4.69) is 4.98 Å². The fraction of sp³-hybridized carbons (Fsp3) is 0.133. The first-order chi connectivity index (χ1) is 10.1. The van der Waals surface area contributed by atoms with Gasteiger partial charge in [0, 0.05) is 23.3 Å². The van der Waals surface area contributed by atoms with Crippen molar-refractivity contribution in [3.05, 3.63) is 58.2 Å². The Kier molecular flexibility index (Phi) is 3.35. The summed E-state index contributed by atoms with van der Waals surface area (Å²) in [6.45, 7) is 0.507. The number of fused-ring (bicyclic) bond motifs is 1. The zero-order chi connectivity index (χ0) is 15.0. The molecule has 5 nitrogen and oxygen atoms in total. The Morgan fingerprint density at radius 3 is 2.76 bits per heavy atom. The number of anilines is 1. The number of aromatic carboxylic acids is 1. The van der Waals surface area contributed by atoms with Crippen molar-refractivity contribution in [2.75, 3.05) is 11.4 Å². The lowest BCUT2D eigenvalue weighted by Crippen LogP contribution is -2.38. The molecule has 106 valence electrons. The Labute approximate surface area is 125 Å². The summed E-state index contributed by atoms with van der Waals surface area (Å²) >= 11 is 5.94. The van der Waals surface area contributed by atoms with Gasteiger partial charge < -0.3 is 5.11 Å². The number of carbonyl (C=O) groups excluding carboxylic acids is 1.